The monoisotopic (exact) mass is 385 g/mol. The van der Waals surface area contributed by atoms with E-state index in [1.807, 2.05) is 30.3 Å². The number of hydrogen-bond donors (Lipinski definition) is 0. The molecule has 0 saturated carbocycles. The van der Waals surface area contributed by atoms with E-state index in [4.69, 9.17) is 9.26 Å². The number of rotatable bonds is 6. The Balaban J connectivity index is 1.48. The van der Waals surface area contributed by atoms with Crippen LogP contribution in [-0.2, 0) is 35.3 Å². The van der Waals surface area contributed by atoms with Gasteiger partial charge in [-0.05, 0) is 17.7 Å². The van der Waals surface area contributed by atoms with E-state index in [9.17, 15) is 8.42 Å². The first-order valence-corrected chi connectivity index (χ1v) is 10.2. The van der Waals surface area contributed by atoms with Gasteiger partial charge >= 0.3 is 0 Å². The topological polar surface area (TPSA) is 85.5 Å². The predicted octanol–water partition coefficient (Wildman–Crippen LogP) is 2.54. The molecular weight excluding hydrogens is 366 g/mol. The summed E-state index contributed by atoms with van der Waals surface area (Å²) in [5.41, 5.74) is 2.18. The Bertz CT molecular complexity index is 1000. The summed E-state index contributed by atoms with van der Waals surface area (Å²) in [5.74, 6) is 1.33. The summed E-state index contributed by atoms with van der Waals surface area (Å²) in [5, 5.41) is 4.07. The van der Waals surface area contributed by atoms with Gasteiger partial charge in [-0.1, -0.05) is 35.5 Å². The van der Waals surface area contributed by atoms with E-state index in [0.717, 1.165) is 16.9 Å². The number of aromatic nitrogens is 2. The Morgan fingerprint density at radius 2 is 2.00 bits per heavy atom. The number of pyridine rings is 1. The summed E-state index contributed by atoms with van der Waals surface area (Å²) in [6, 6.07) is 12.8. The van der Waals surface area contributed by atoms with Gasteiger partial charge in [-0.3, -0.25) is 4.98 Å². The van der Waals surface area contributed by atoms with Crippen LogP contribution in [0.25, 0.3) is 0 Å². The van der Waals surface area contributed by atoms with Crippen molar-refractivity contribution in [1.82, 2.24) is 14.4 Å². The molecule has 3 aromatic rings. The van der Waals surface area contributed by atoms with Crippen molar-refractivity contribution in [1.29, 1.82) is 0 Å². The largest absolute Gasteiger partial charge is 0.486 e. The fourth-order valence-corrected chi connectivity index (χ4v) is 4.54. The minimum Gasteiger partial charge on any atom is -0.486 e. The predicted molar refractivity (Wildman–Crippen MR) is 98.3 cm³/mol. The van der Waals surface area contributed by atoms with Crippen LogP contribution < -0.4 is 4.74 Å². The Morgan fingerprint density at radius 1 is 1.15 bits per heavy atom. The summed E-state index contributed by atoms with van der Waals surface area (Å²) in [7, 11) is -3.43. The lowest BCUT2D eigenvalue weighted by molar-refractivity contribution is 0.286. The molecule has 0 bridgehead atoms. The molecule has 1 aromatic carbocycles. The highest BCUT2D eigenvalue weighted by molar-refractivity contribution is 7.88. The van der Waals surface area contributed by atoms with Gasteiger partial charge in [0.25, 0.3) is 0 Å². The highest BCUT2D eigenvalue weighted by Crippen LogP contribution is 2.26. The van der Waals surface area contributed by atoms with E-state index >= 15 is 0 Å². The van der Waals surface area contributed by atoms with Crippen LogP contribution in [0.15, 0.2) is 59.4 Å². The minimum atomic E-state index is -3.43. The molecule has 0 aliphatic carbocycles. The van der Waals surface area contributed by atoms with Gasteiger partial charge in [-0.25, -0.2) is 8.42 Å². The van der Waals surface area contributed by atoms with E-state index in [2.05, 4.69) is 10.1 Å². The molecule has 8 heteroatoms. The molecule has 1 aliphatic rings. The minimum absolute atomic E-state index is 0.0179. The molecule has 1 aliphatic heterocycles. The molecule has 7 nitrogen and oxygen atoms in total. The molecule has 0 N–H and O–H groups in total. The second-order valence-electron chi connectivity index (χ2n) is 6.33. The fraction of sp³-hybridized carbons (Fsp3) is 0.263. The van der Waals surface area contributed by atoms with E-state index in [1.165, 1.54) is 4.31 Å². The molecule has 0 unspecified atom stereocenters. The van der Waals surface area contributed by atoms with E-state index in [1.54, 1.807) is 24.5 Å². The van der Waals surface area contributed by atoms with E-state index < -0.39 is 10.0 Å². The number of benzene rings is 1. The van der Waals surface area contributed by atoms with Crippen molar-refractivity contribution >= 4 is 10.0 Å². The molecule has 0 saturated heterocycles. The SMILES string of the molecule is O=S(=O)(Cc1ccccc1)N1CCc2onc(COc3cccnc3)c2C1. The highest BCUT2D eigenvalue weighted by atomic mass is 32.2. The third-order valence-corrected chi connectivity index (χ3v) is 6.27. The van der Waals surface area contributed by atoms with Crippen molar-refractivity contribution in [2.24, 2.45) is 0 Å². The number of fused-ring (bicyclic) bond motifs is 1. The lowest BCUT2D eigenvalue weighted by Crippen LogP contribution is -2.36. The second-order valence-corrected chi connectivity index (χ2v) is 8.30. The van der Waals surface area contributed by atoms with Crippen molar-refractivity contribution in [3.63, 3.8) is 0 Å². The van der Waals surface area contributed by atoms with Gasteiger partial charge in [0.1, 0.15) is 23.8 Å². The maximum atomic E-state index is 12.8. The average Bonchev–Trinajstić information content (AvgIpc) is 3.10. The van der Waals surface area contributed by atoms with E-state index in [0.29, 0.717) is 24.4 Å². The first-order valence-electron chi connectivity index (χ1n) is 8.63. The van der Waals surface area contributed by atoms with Crippen molar-refractivity contribution in [3.8, 4) is 5.75 Å². The molecule has 2 aromatic heterocycles. The summed E-state index contributed by atoms with van der Waals surface area (Å²) < 4.78 is 38.2. The number of ether oxygens (including phenoxy) is 1. The summed E-state index contributed by atoms with van der Waals surface area (Å²) in [4.78, 5) is 4.00. The van der Waals surface area contributed by atoms with Crippen LogP contribution in [-0.4, -0.2) is 29.4 Å². The molecule has 0 radical (unpaired) electrons. The number of sulfonamides is 1. The van der Waals surface area contributed by atoms with Crippen LogP contribution in [0, 0.1) is 0 Å². The van der Waals surface area contributed by atoms with Crippen molar-refractivity contribution in [2.45, 2.75) is 25.3 Å². The van der Waals surface area contributed by atoms with Gasteiger partial charge in [0.2, 0.25) is 10.0 Å². The van der Waals surface area contributed by atoms with Gasteiger partial charge in [-0.15, -0.1) is 0 Å². The lowest BCUT2D eigenvalue weighted by Gasteiger charge is -2.25. The Labute approximate surface area is 157 Å². The van der Waals surface area contributed by atoms with Gasteiger partial charge in [0, 0.05) is 31.3 Å². The Kier molecular flexibility index (Phi) is 4.91. The Morgan fingerprint density at radius 3 is 2.78 bits per heavy atom. The molecule has 4 rings (SSSR count). The maximum Gasteiger partial charge on any atom is 0.218 e. The van der Waals surface area contributed by atoms with Crippen LogP contribution in [0.3, 0.4) is 0 Å². The van der Waals surface area contributed by atoms with Crippen LogP contribution in [0.4, 0.5) is 0 Å². The number of hydrogen-bond acceptors (Lipinski definition) is 6. The van der Waals surface area contributed by atoms with Crippen LogP contribution >= 0.6 is 0 Å². The molecule has 3 heterocycles. The van der Waals surface area contributed by atoms with Gasteiger partial charge in [-0.2, -0.15) is 4.31 Å². The first-order chi connectivity index (χ1) is 13.1. The normalized spacial score (nSPS) is 14.7. The van der Waals surface area contributed by atoms with Gasteiger partial charge in [0.15, 0.2) is 0 Å². The second kappa shape index (κ2) is 7.50. The smallest absolute Gasteiger partial charge is 0.218 e. The van der Waals surface area contributed by atoms with Crippen molar-refractivity contribution < 1.29 is 17.7 Å². The molecule has 0 amide bonds. The maximum absolute atomic E-state index is 12.8. The number of nitrogens with zero attached hydrogens (tertiary/aromatic N) is 3. The molecule has 140 valence electrons. The molecular formula is C19H19N3O4S. The summed E-state index contributed by atoms with van der Waals surface area (Å²) in [6.07, 6.45) is 3.78. The van der Waals surface area contributed by atoms with Crippen molar-refractivity contribution in [3.05, 3.63) is 77.4 Å². The Hall–Kier alpha value is -2.71. The molecule has 27 heavy (non-hydrogen) atoms. The third kappa shape index (κ3) is 4.01. The van der Waals surface area contributed by atoms with Crippen molar-refractivity contribution in [2.75, 3.05) is 6.54 Å². The molecule has 0 spiro atoms. The summed E-state index contributed by atoms with van der Waals surface area (Å²) in [6.45, 7) is 0.844. The zero-order chi connectivity index (χ0) is 18.7. The molecule has 0 atom stereocenters. The first kappa shape index (κ1) is 17.7. The van der Waals surface area contributed by atoms with Crippen LogP contribution in [0.5, 0.6) is 5.75 Å². The lowest BCUT2D eigenvalue weighted by atomic mass is 10.1. The quantitative estimate of drug-likeness (QED) is 0.648. The summed E-state index contributed by atoms with van der Waals surface area (Å²) >= 11 is 0. The van der Waals surface area contributed by atoms with E-state index in [-0.39, 0.29) is 18.9 Å². The van der Waals surface area contributed by atoms with Gasteiger partial charge < -0.3 is 9.26 Å². The average molecular weight is 385 g/mol. The fourth-order valence-electron chi connectivity index (χ4n) is 3.05. The standard InChI is InChI=1S/C19H19N3O4S/c23-27(24,14-15-5-2-1-3-6-15)22-10-8-19-17(12-22)18(21-26-19)13-25-16-7-4-9-20-11-16/h1-7,9,11H,8,10,12-14H2. The van der Waals surface area contributed by atoms with Crippen LogP contribution in [0.2, 0.25) is 0 Å². The third-order valence-electron chi connectivity index (χ3n) is 4.47. The molecule has 0 fully saturated rings. The van der Waals surface area contributed by atoms with Gasteiger partial charge in [0.05, 0.1) is 11.9 Å². The zero-order valence-corrected chi connectivity index (χ0v) is 15.4. The highest BCUT2D eigenvalue weighted by Gasteiger charge is 2.31. The van der Waals surface area contributed by atoms with Crippen LogP contribution in [0.1, 0.15) is 22.6 Å². The zero-order valence-electron chi connectivity index (χ0n) is 14.6.